The molecule has 3 aromatic rings. The lowest BCUT2D eigenvalue weighted by atomic mass is 10.0. The van der Waals surface area contributed by atoms with Crippen LogP contribution in [0.15, 0.2) is 66.3 Å². The molecule has 0 bridgehead atoms. The lowest BCUT2D eigenvalue weighted by Crippen LogP contribution is -2.31. The van der Waals surface area contributed by atoms with E-state index >= 15 is 0 Å². The summed E-state index contributed by atoms with van der Waals surface area (Å²) in [6.07, 6.45) is 1.67. The number of hydrogen-bond donors (Lipinski definition) is 1. The number of hydrogen-bond acceptors (Lipinski definition) is 5. The average molecular weight is 437 g/mol. The first kappa shape index (κ1) is 22.6. The van der Waals surface area contributed by atoms with Crippen LogP contribution < -0.4 is 10.1 Å². The molecule has 0 aliphatic rings. The average Bonchev–Trinajstić information content (AvgIpc) is 3.20. The van der Waals surface area contributed by atoms with E-state index in [1.165, 1.54) is 17.3 Å². The molecule has 1 unspecified atom stereocenters. The highest BCUT2D eigenvalue weighted by molar-refractivity contribution is 8.00. The molecule has 0 aliphatic carbocycles. The molecule has 0 fully saturated rings. The van der Waals surface area contributed by atoms with Gasteiger partial charge in [-0.1, -0.05) is 49.9 Å². The highest BCUT2D eigenvalue weighted by Crippen LogP contribution is 2.34. The minimum atomic E-state index is -0.335. The van der Waals surface area contributed by atoms with E-state index in [0.29, 0.717) is 17.6 Å². The lowest BCUT2D eigenvalue weighted by molar-refractivity contribution is -0.120. The van der Waals surface area contributed by atoms with Crippen LogP contribution in [0.25, 0.3) is 17.1 Å². The summed E-state index contributed by atoms with van der Waals surface area (Å²) < 4.78 is 7.33. The fourth-order valence-corrected chi connectivity index (χ4v) is 4.08. The molecule has 7 heteroatoms. The van der Waals surface area contributed by atoms with Gasteiger partial charge in [-0.25, -0.2) is 0 Å². The molecule has 0 radical (unpaired) electrons. The van der Waals surface area contributed by atoms with Gasteiger partial charge in [0, 0.05) is 12.1 Å². The summed E-state index contributed by atoms with van der Waals surface area (Å²) in [5.74, 6) is 1.74. The van der Waals surface area contributed by atoms with Gasteiger partial charge < -0.3 is 10.1 Å². The first-order valence-corrected chi connectivity index (χ1v) is 11.1. The van der Waals surface area contributed by atoms with Crippen LogP contribution in [0, 0.1) is 0 Å². The van der Waals surface area contributed by atoms with Gasteiger partial charge in [0.1, 0.15) is 5.75 Å². The second-order valence-corrected chi connectivity index (χ2v) is 8.69. The number of para-hydroxylation sites is 1. The number of carbonyl (C=O) groups is 1. The van der Waals surface area contributed by atoms with Crippen LogP contribution in [0.2, 0.25) is 0 Å². The van der Waals surface area contributed by atoms with Crippen LogP contribution >= 0.6 is 11.8 Å². The van der Waals surface area contributed by atoms with Crippen molar-refractivity contribution in [1.29, 1.82) is 0 Å². The van der Waals surface area contributed by atoms with Gasteiger partial charge in [0.2, 0.25) is 5.91 Å². The first-order valence-electron chi connectivity index (χ1n) is 10.2. The van der Waals surface area contributed by atoms with Gasteiger partial charge in [-0.05, 0) is 48.7 Å². The highest BCUT2D eigenvalue weighted by atomic mass is 32.2. The molecule has 162 valence electrons. The monoisotopic (exact) mass is 436 g/mol. The molecule has 1 aromatic heterocycles. The van der Waals surface area contributed by atoms with Crippen molar-refractivity contribution in [1.82, 2.24) is 20.1 Å². The molecule has 0 saturated carbocycles. The number of nitrogens with one attached hydrogen (secondary N) is 1. The maximum atomic E-state index is 12.4. The number of ether oxygens (including phenoxy) is 1. The predicted octanol–water partition coefficient (Wildman–Crippen LogP) is 4.85. The number of nitrogens with zero attached hydrogens (tertiary/aromatic N) is 3. The summed E-state index contributed by atoms with van der Waals surface area (Å²) in [6.45, 7) is 10.3. The maximum Gasteiger partial charge on any atom is 0.233 e. The summed E-state index contributed by atoms with van der Waals surface area (Å²) in [4.78, 5) is 12.4. The summed E-state index contributed by atoms with van der Waals surface area (Å²) in [7, 11) is 1.64. The topological polar surface area (TPSA) is 69.0 Å². The Bertz CT molecular complexity index is 1040. The van der Waals surface area contributed by atoms with Gasteiger partial charge in [0.05, 0.1) is 18.0 Å². The van der Waals surface area contributed by atoms with Crippen molar-refractivity contribution in [2.75, 3.05) is 13.7 Å². The molecule has 1 atom stereocenters. The minimum absolute atomic E-state index is 0.0670. The van der Waals surface area contributed by atoms with Gasteiger partial charge in [-0.15, -0.1) is 16.8 Å². The number of amides is 1. The zero-order valence-electron chi connectivity index (χ0n) is 18.3. The van der Waals surface area contributed by atoms with Gasteiger partial charge >= 0.3 is 0 Å². The van der Waals surface area contributed by atoms with Crippen LogP contribution in [-0.4, -0.2) is 39.6 Å². The maximum absolute atomic E-state index is 12.4. The third kappa shape index (κ3) is 5.17. The van der Waals surface area contributed by atoms with E-state index in [2.05, 4.69) is 48.1 Å². The van der Waals surface area contributed by atoms with E-state index in [1.807, 2.05) is 47.9 Å². The lowest BCUT2D eigenvalue weighted by Gasteiger charge is -2.18. The third-order valence-electron chi connectivity index (χ3n) is 4.85. The fraction of sp³-hybridized carbons (Fsp3) is 0.292. The third-order valence-corrected chi connectivity index (χ3v) is 5.90. The Kier molecular flexibility index (Phi) is 7.52. The Labute approximate surface area is 187 Å². The number of benzene rings is 2. The van der Waals surface area contributed by atoms with Gasteiger partial charge in [-0.2, -0.15) is 0 Å². The van der Waals surface area contributed by atoms with E-state index in [9.17, 15) is 4.79 Å². The van der Waals surface area contributed by atoms with Crippen molar-refractivity contribution < 1.29 is 9.53 Å². The van der Waals surface area contributed by atoms with Crippen LogP contribution in [0.3, 0.4) is 0 Å². The molecule has 0 aliphatic heterocycles. The minimum Gasteiger partial charge on any atom is -0.497 e. The molecule has 3 rings (SSSR count). The second-order valence-electron chi connectivity index (χ2n) is 7.38. The standard InChI is InChI=1S/C24H28N4O2S/c1-6-15-25-23(29)17(4)31-24-27-26-22(18-11-13-19(30-5)14-12-18)28(24)21-10-8-7-9-20(21)16(2)3/h6-14,16-17H,1,15H2,2-5H3,(H,25,29). The molecule has 2 aromatic carbocycles. The SMILES string of the molecule is C=CCNC(=O)C(C)Sc1nnc(-c2ccc(OC)cc2)n1-c1ccccc1C(C)C. The number of rotatable bonds is 9. The molecule has 6 nitrogen and oxygen atoms in total. The molecule has 1 amide bonds. The Balaban J connectivity index is 2.09. The van der Waals surface area contributed by atoms with Gasteiger partial charge in [0.15, 0.2) is 11.0 Å². The zero-order chi connectivity index (χ0) is 22.4. The molecular formula is C24H28N4O2S. The predicted molar refractivity (Wildman–Crippen MR) is 126 cm³/mol. The van der Waals surface area contributed by atoms with E-state index < -0.39 is 0 Å². The van der Waals surface area contributed by atoms with Crippen molar-refractivity contribution in [3.05, 3.63) is 66.7 Å². The Hall–Kier alpha value is -3.06. The highest BCUT2D eigenvalue weighted by Gasteiger charge is 2.23. The summed E-state index contributed by atoms with van der Waals surface area (Å²) in [5, 5.41) is 12.1. The normalized spacial score (nSPS) is 11.9. The summed E-state index contributed by atoms with van der Waals surface area (Å²) >= 11 is 1.39. The molecule has 0 saturated heterocycles. The van der Waals surface area contributed by atoms with Crippen LogP contribution in [0.4, 0.5) is 0 Å². The number of aromatic nitrogens is 3. The quantitative estimate of drug-likeness (QED) is 0.384. The van der Waals surface area contributed by atoms with E-state index in [-0.39, 0.29) is 11.2 Å². The first-order chi connectivity index (χ1) is 15.0. The molecule has 0 spiro atoms. The van der Waals surface area contributed by atoms with E-state index in [4.69, 9.17) is 4.74 Å². The van der Waals surface area contributed by atoms with Crippen LogP contribution in [0.1, 0.15) is 32.3 Å². The van der Waals surface area contributed by atoms with Crippen LogP contribution in [0.5, 0.6) is 5.75 Å². The molecule has 1 heterocycles. The van der Waals surface area contributed by atoms with Gasteiger partial charge in [0.25, 0.3) is 0 Å². The van der Waals surface area contributed by atoms with E-state index in [1.54, 1.807) is 13.2 Å². The largest absolute Gasteiger partial charge is 0.497 e. The van der Waals surface area contributed by atoms with Crippen LogP contribution in [-0.2, 0) is 4.79 Å². The Morgan fingerprint density at radius 2 is 1.87 bits per heavy atom. The summed E-state index contributed by atoms with van der Waals surface area (Å²) in [6, 6.07) is 16.0. The van der Waals surface area contributed by atoms with Crippen molar-refractivity contribution in [3.63, 3.8) is 0 Å². The Morgan fingerprint density at radius 3 is 2.52 bits per heavy atom. The molecule has 1 N–H and O–H groups in total. The second kappa shape index (κ2) is 10.3. The van der Waals surface area contributed by atoms with Crippen molar-refractivity contribution in [2.24, 2.45) is 0 Å². The smallest absolute Gasteiger partial charge is 0.233 e. The van der Waals surface area contributed by atoms with Crippen molar-refractivity contribution in [3.8, 4) is 22.8 Å². The molecule has 31 heavy (non-hydrogen) atoms. The fourth-order valence-electron chi connectivity index (χ4n) is 3.20. The van der Waals surface area contributed by atoms with Gasteiger partial charge in [-0.3, -0.25) is 9.36 Å². The van der Waals surface area contributed by atoms with Crippen molar-refractivity contribution >= 4 is 17.7 Å². The van der Waals surface area contributed by atoms with E-state index in [0.717, 1.165) is 22.8 Å². The zero-order valence-corrected chi connectivity index (χ0v) is 19.1. The Morgan fingerprint density at radius 1 is 1.16 bits per heavy atom. The molecular weight excluding hydrogens is 408 g/mol. The number of thioether (sulfide) groups is 1. The number of carbonyl (C=O) groups excluding carboxylic acids is 1. The number of methoxy groups -OCH3 is 1. The summed E-state index contributed by atoms with van der Waals surface area (Å²) in [5.41, 5.74) is 3.11. The van der Waals surface area contributed by atoms with Crippen molar-refractivity contribution in [2.45, 2.75) is 37.1 Å².